The summed E-state index contributed by atoms with van der Waals surface area (Å²) in [6.07, 6.45) is 5.38. The Morgan fingerprint density at radius 1 is 1.09 bits per heavy atom. The number of benzene rings is 1. The van der Waals surface area contributed by atoms with E-state index in [1.807, 2.05) is 12.1 Å². The van der Waals surface area contributed by atoms with Crippen molar-refractivity contribution in [1.82, 2.24) is 4.90 Å². The van der Waals surface area contributed by atoms with Crippen molar-refractivity contribution in [2.75, 3.05) is 18.0 Å². The van der Waals surface area contributed by atoms with E-state index in [-0.39, 0.29) is 5.91 Å². The molecule has 3 nitrogen and oxygen atoms in total. The van der Waals surface area contributed by atoms with E-state index < -0.39 is 0 Å². The molecule has 0 radical (unpaired) electrons. The van der Waals surface area contributed by atoms with Gasteiger partial charge in [-0.25, -0.2) is 0 Å². The Balaban J connectivity index is 1.58. The van der Waals surface area contributed by atoms with Crippen LogP contribution in [-0.4, -0.2) is 36.0 Å². The first-order valence-electron chi connectivity index (χ1n) is 9.20. The Bertz CT molecular complexity index is 546. The highest BCUT2D eigenvalue weighted by molar-refractivity contribution is 6.01. The molecule has 0 spiro atoms. The van der Waals surface area contributed by atoms with Crippen LogP contribution in [0.25, 0.3) is 0 Å². The van der Waals surface area contributed by atoms with Crippen LogP contribution in [0.15, 0.2) is 24.3 Å². The number of piperidine rings is 1. The summed E-state index contributed by atoms with van der Waals surface area (Å²) in [5.74, 6) is 1.08. The van der Waals surface area contributed by atoms with Crippen LogP contribution in [0.4, 0.5) is 5.69 Å². The number of likely N-dealkylation sites (tertiary alicyclic amines) is 1. The van der Waals surface area contributed by atoms with Crippen molar-refractivity contribution in [3.63, 3.8) is 0 Å². The number of carbonyl (C=O) groups excluding carboxylic acids is 1. The number of fused-ring (bicyclic) bond motifs is 1. The Morgan fingerprint density at radius 3 is 2.48 bits per heavy atom. The summed E-state index contributed by atoms with van der Waals surface area (Å²) >= 11 is 0. The first-order chi connectivity index (χ1) is 11.1. The zero-order valence-corrected chi connectivity index (χ0v) is 14.8. The molecule has 2 aliphatic rings. The van der Waals surface area contributed by atoms with Gasteiger partial charge in [0.05, 0.1) is 6.42 Å². The maximum absolute atomic E-state index is 12.4. The molecule has 1 saturated heterocycles. The lowest BCUT2D eigenvalue weighted by molar-refractivity contribution is -0.118. The summed E-state index contributed by atoms with van der Waals surface area (Å²) in [6, 6.07) is 9.34. The second-order valence-corrected chi connectivity index (χ2v) is 7.66. The van der Waals surface area contributed by atoms with Crippen molar-refractivity contribution in [2.24, 2.45) is 5.92 Å². The summed E-state index contributed by atoms with van der Waals surface area (Å²) in [4.78, 5) is 17.1. The minimum Gasteiger partial charge on any atom is -0.309 e. The van der Waals surface area contributed by atoms with E-state index in [0.717, 1.165) is 37.5 Å². The van der Waals surface area contributed by atoms with Crippen molar-refractivity contribution in [1.29, 1.82) is 0 Å². The third-order valence-corrected chi connectivity index (χ3v) is 5.51. The monoisotopic (exact) mass is 314 g/mol. The molecule has 1 aromatic rings. The number of carbonyl (C=O) groups is 1. The molecule has 1 unspecified atom stereocenters. The van der Waals surface area contributed by atoms with Gasteiger partial charge in [0, 0.05) is 30.9 Å². The lowest BCUT2D eigenvalue weighted by Crippen LogP contribution is -2.48. The molecule has 0 bridgehead atoms. The summed E-state index contributed by atoms with van der Waals surface area (Å²) < 4.78 is 0. The summed E-state index contributed by atoms with van der Waals surface area (Å²) in [5, 5.41) is 0. The second kappa shape index (κ2) is 7.04. The minimum absolute atomic E-state index is 0.289. The molecule has 0 aromatic heterocycles. The van der Waals surface area contributed by atoms with E-state index in [1.54, 1.807) is 0 Å². The number of rotatable bonds is 5. The Kier molecular flexibility index (Phi) is 5.05. The van der Waals surface area contributed by atoms with Crippen LogP contribution in [0.1, 0.15) is 52.0 Å². The van der Waals surface area contributed by atoms with Gasteiger partial charge in [-0.3, -0.25) is 4.79 Å². The van der Waals surface area contributed by atoms with Crippen LogP contribution < -0.4 is 4.90 Å². The smallest absolute Gasteiger partial charge is 0.231 e. The molecule has 3 heteroatoms. The fourth-order valence-corrected chi connectivity index (χ4v) is 4.02. The molecular formula is C20H30N2O. The van der Waals surface area contributed by atoms with Crippen molar-refractivity contribution >= 4 is 11.6 Å². The number of nitrogens with zero attached hydrogens (tertiary/aromatic N) is 2. The van der Waals surface area contributed by atoms with E-state index in [2.05, 4.69) is 42.7 Å². The maximum Gasteiger partial charge on any atom is 0.231 e. The fourth-order valence-electron chi connectivity index (χ4n) is 4.02. The molecule has 2 aliphatic heterocycles. The van der Waals surface area contributed by atoms with E-state index in [9.17, 15) is 4.79 Å². The van der Waals surface area contributed by atoms with Crippen molar-refractivity contribution in [3.8, 4) is 0 Å². The van der Waals surface area contributed by atoms with Gasteiger partial charge in [0.25, 0.3) is 0 Å². The van der Waals surface area contributed by atoms with E-state index in [0.29, 0.717) is 18.5 Å². The van der Waals surface area contributed by atoms with Crippen LogP contribution in [0.3, 0.4) is 0 Å². The quantitative estimate of drug-likeness (QED) is 0.824. The lowest BCUT2D eigenvalue weighted by atomic mass is 9.98. The second-order valence-electron chi connectivity index (χ2n) is 7.66. The number of anilines is 1. The van der Waals surface area contributed by atoms with Crippen LogP contribution in [0.2, 0.25) is 0 Å². The highest BCUT2D eigenvalue weighted by Gasteiger charge is 2.35. The number of hydrogen-bond acceptors (Lipinski definition) is 2. The average Bonchev–Trinajstić information content (AvgIpc) is 2.88. The number of para-hydroxylation sites is 1. The molecule has 0 saturated carbocycles. The van der Waals surface area contributed by atoms with Crippen LogP contribution in [0, 0.1) is 5.92 Å². The molecule has 126 valence electrons. The summed E-state index contributed by atoms with van der Waals surface area (Å²) in [5.41, 5.74) is 2.36. The molecule has 3 rings (SSSR count). The molecule has 0 aliphatic carbocycles. The molecule has 0 N–H and O–H groups in total. The molecule has 23 heavy (non-hydrogen) atoms. The normalized spacial score (nSPS) is 21.0. The van der Waals surface area contributed by atoms with Crippen LogP contribution in [0.5, 0.6) is 0 Å². The molecule has 1 aromatic carbocycles. The molecule has 1 atom stereocenters. The van der Waals surface area contributed by atoms with Crippen LogP contribution in [-0.2, 0) is 11.2 Å². The minimum atomic E-state index is 0.289. The van der Waals surface area contributed by atoms with E-state index in [4.69, 9.17) is 0 Å². The lowest BCUT2D eigenvalue weighted by Gasteiger charge is -2.39. The molecule has 1 fully saturated rings. The fraction of sp³-hybridized carbons (Fsp3) is 0.650. The third-order valence-electron chi connectivity index (χ3n) is 5.51. The first-order valence-corrected chi connectivity index (χ1v) is 9.20. The zero-order chi connectivity index (χ0) is 16.4. The summed E-state index contributed by atoms with van der Waals surface area (Å²) in [7, 11) is 0. The van der Waals surface area contributed by atoms with Gasteiger partial charge in [-0.15, -0.1) is 0 Å². The Morgan fingerprint density at radius 2 is 1.78 bits per heavy atom. The van der Waals surface area contributed by atoms with Crippen molar-refractivity contribution in [2.45, 2.75) is 65.0 Å². The predicted molar refractivity (Wildman–Crippen MR) is 95.8 cm³/mol. The SMILES string of the molecule is CC(C)CCC(C)N1CCC(N2C(=O)Cc3ccccc32)CC1. The Labute approximate surface area is 140 Å². The van der Waals surface area contributed by atoms with Gasteiger partial charge in [0.1, 0.15) is 0 Å². The molecule has 2 heterocycles. The van der Waals surface area contributed by atoms with Gasteiger partial charge in [-0.05, 0) is 50.2 Å². The molecular weight excluding hydrogens is 284 g/mol. The van der Waals surface area contributed by atoms with E-state index >= 15 is 0 Å². The summed E-state index contributed by atoms with van der Waals surface area (Å²) in [6.45, 7) is 9.20. The highest BCUT2D eigenvalue weighted by atomic mass is 16.2. The number of hydrogen-bond donors (Lipinski definition) is 0. The maximum atomic E-state index is 12.4. The van der Waals surface area contributed by atoms with Crippen LogP contribution >= 0.6 is 0 Å². The Hall–Kier alpha value is -1.35. The van der Waals surface area contributed by atoms with Gasteiger partial charge in [0.2, 0.25) is 5.91 Å². The average molecular weight is 314 g/mol. The number of amides is 1. The standard InChI is InChI=1S/C20H30N2O/c1-15(2)8-9-16(3)21-12-10-18(11-13-21)22-19-7-5-4-6-17(19)14-20(22)23/h4-7,15-16,18H,8-14H2,1-3H3. The van der Waals surface area contributed by atoms with Gasteiger partial charge in [0.15, 0.2) is 0 Å². The molecule has 1 amide bonds. The topological polar surface area (TPSA) is 23.6 Å². The third kappa shape index (κ3) is 3.60. The van der Waals surface area contributed by atoms with E-state index in [1.165, 1.54) is 18.4 Å². The van der Waals surface area contributed by atoms with Gasteiger partial charge >= 0.3 is 0 Å². The predicted octanol–water partition coefficient (Wildman–Crippen LogP) is 3.86. The van der Waals surface area contributed by atoms with Crippen molar-refractivity contribution in [3.05, 3.63) is 29.8 Å². The first kappa shape index (κ1) is 16.5. The largest absolute Gasteiger partial charge is 0.309 e. The van der Waals surface area contributed by atoms with Gasteiger partial charge in [-0.1, -0.05) is 32.0 Å². The van der Waals surface area contributed by atoms with Crippen molar-refractivity contribution < 1.29 is 4.79 Å². The van der Waals surface area contributed by atoms with Gasteiger partial charge < -0.3 is 9.80 Å². The highest BCUT2D eigenvalue weighted by Crippen LogP contribution is 2.33. The van der Waals surface area contributed by atoms with Gasteiger partial charge in [-0.2, -0.15) is 0 Å². The zero-order valence-electron chi connectivity index (χ0n) is 14.8.